The fraction of sp³-hybridized carbons (Fsp3) is 0.667. The second-order valence-corrected chi connectivity index (χ2v) is 5.41. The molecule has 0 N–H and O–H groups in total. The van der Waals surface area contributed by atoms with Gasteiger partial charge in [-0.2, -0.15) is 0 Å². The second-order valence-electron chi connectivity index (χ2n) is 5.41. The minimum absolute atomic E-state index is 0.0290. The molecule has 2 bridgehead atoms. The summed E-state index contributed by atoms with van der Waals surface area (Å²) in [6.45, 7) is 4.40. The normalized spacial score (nSPS) is 43.3. The third-order valence-electron chi connectivity index (χ3n) is 4.52. The van der Waals surface area contributed by atoms with Crippen molar-refractivity contribution in [3.05, 3.63) is 23.8 Å². The van der Waals surface area contributed by atoms with Crippen LogP contribution in [0.4, 0.5) is 0 Å². The zero-order valence-corrected chi connectivity index (χ0v) is 9.03. The summed E-state index contributed by atoms with van der Waals surface area (Å²) in [7, 11) is 0. The maximum absolute atomic E-state index is 6.04. The number of hydrogen-bond donors (Lipinski definition) is 0. The van der Waals surface area contributed by atoms with E-state index in [0.29, 0.717) is 11.8 Å². The molecule has 0 amide bonds. The largest absolute Gasteiger partial charge is 0.362 e. The van der Waals surface area contributed by atoms with Crippen molar-refractivity contribution in [2.45, 2.75) is 49.7 Å². The van der Waals surface area contributed by atoms with E-state index < -0.39 is 0 Å². The van der Waals surface area contributed by atoms with Crippen molar-refractivity contribution in [1.82, 2.24) is 9.97 Å². The first kappa shape index (κ1) is 8.22. The van der Waals surface area contributed by atoms with Crippen molar-refractivity contribution in [3.8, 4) is 0 Å². The maximum Gasteiger partial charge on any atom is 0.114 e. The minimum Gasteiger partial charge on any atom is -0.362 e. The highest BCUT2D eigenvalue weighted by molar-refractivity contribution is 5.46. The highest BCUT2D eigenvalue weighted by Crippen LogP contribution is 2.73. The number of nitrogens with zero attached hydrogens (tertiary/aromatic N) is 2. The van der Waals surface area contributed by atoms with Crippen LogP contribution in [-0.4, -0.2) is 21.2 Å². The Balaban J connectivity index is 1.94. The number of hydrogen-bond acceptors (Lipinski definition) is 3. The highest BCUT2D eigenvalue weighted by atomic mass is 16.6. The Kier molecular flexibility index (Phi) is 1.15. The van der Waals surface area contributed by atoms with E-state index in [2.05, 4.69) is 23.8 Å². The molecule has 1 aromatic rings. The lowest BCUT2D eigenvalue weighted by Gasteiger charge is -2.11. The van der Waals surface area contributed by atoms with Crippen LogP contribution in [-0.2, 0) is 4.74 Å². The molecular weight excluding hydrogens is 188 g/mol. The second kappa shape index (κ2) is 2.09. The first-order valence-electron chi connectivity index (χ1n) is 5.68. The first-order chi connectivity index (χ1) is 7.17. The third kappa shape index (κ3) is 0.689. The standard InChI is InChI=1S/C12H14N2O/c1-11(2)12(15-11)7-3-4-8(12)10-9(7)13-5-6-14-10/h5-8H,3-4H2,1-2H3. The lowest BCUT2D eigenvalue weighted by molar-refractivity contribution is 0.259. The third-order valence-corrected chi connectivity index (χ3v) is 4.52. The van der Waals surface area contributed by atoms with Crippen LogP contribution in [0.15, 0.2) is 12.4 Å². The number of ether oxygens (including phenoxy) is 1. The molecule has 1 saturated heterocycles. The highest BCUT2D eigenvalue weighted by Gasteiger charge is 2.78. The Morgan fingerprint density at radius 3 is 2.00 bits per heavy atom. The quantitative estimate of drug-likeness (QED) is 0.604. The Morgan fingerprint density at radius 2 is 1.60 bits per heavy atom. The smallest absolute Gasteiger partial charge is 0.114 e. The molecule has 2 atom stereocenters. The van der Waals surface area contributed by atoms with E-state index in [1.54, 1.807) is 0 Å². The Morgan fingerprint density at radius 1 is 1.13 bits per heavy atom. The molecule has 2 fully saturated rings. The minimum atomic E-state index is 0.0290. The van der Waals surface area contributed by atoms with Crippen LogP contribution < -0.4 is 0 Å². The van der Waals surface area contributed by atoms with Crippen LogP contribution in [0.2, 0.25) is 0 Å². The molecule has 2 heterocycles. The molecule has 1 aromatic heterocycles. The van der Waals surface area contributed by atoms with Crippen molar-refractivity contribution in [2.24, 2.45) is 0 Å². The van der Waals surface area contributed by atoms with E-state index >= 15 is 0 Å². The van der Waals surface area contributed by atoms with Gasteiger partial charge in [0.1, 0.15) is 5.60 Å². The van der Waals surface area contributed by atoms with Gasteiger partial charge in [-0.25, -0.2) is 0 Å². The molecule has 78 valence electrons. The van der Waals surface area contributed by atoms with E-state index in [1.165, 1.54) is 24.2 Å². The number of epoxide rings is 1. The van der Waals surface area contributed by atoms with Crippen molar-refractivity contribution < 1.29 is 4.74 Å². The van der Waals surface area contributed by atoms with Gasteiger partial charge in [-0.3, -0.25) is 9.97 Å². The lowest BCUT2D eigenvalue weighted by Crippen LogP contribution is -2.24. The van der Waals surface area contributed by atoms with Crippen LogP contribution >= 0.6 is 0 Å². The van der Waals surface area contributed by atoms with E-state index in [4.69, 9.17) is 4.74 Å². The van der Waals surface area contributed by atoms with Gasteiger partial charge in [-0.1, -0.05) is 0 Å². The summed E-state index contributed by atoms with van der Waals surface area (Å²) in [6, 6.07) is 0. The van der Waals surface area contributed by atoms with E-state index in [1.807, 2.05) is 12.4 Å². The molecule has 1 aliphatic heterocycles. The first-order valence-corrected chi connectivity index (χ1v) is 5.68. The molecule has 15 heavy (non-hydrogen) atoms. The van der Waals surface area contributed by atoms with Crippen molar-refractivity contribution in [3.63, 3.8) is 0 Å². The molecule has 0 radical (unpaired) electrons. The van der Waals surface area contributed by atoms with E-state index in [9.17, 15) is 0 Å². The van der Waals surface area contributed by atoms with Crippen LogP contribution in [0, 0.1) is 0 Å². The fourth-order valence-electron chi connectivity index (χ4n) is 3.96. The SMILES string of the molecule is CC1(C)OC12C1CCC2c2nccnc21. The Labute approximate surface area is 88.9 Å². The number of aromatic nitrogens is 2. The summed E-state index contributed by atoms with van der Waals surface area (Å²) in [6.07, 6.45) is 6.06. The summed E-state index contributed by atoms with van der Waals surface area (Å²) >= 11 is 0. The predicted octanol–water partition coefficient (Wildman–Crippen LogP) is 2.00. The average Bonchev–Trinajstić information content (AvgIpc) is 2.57. The molecule has 4 rings (SSSR count). The molecule has 3 heteroatoms. The maximum atomic E-state index is 6.04. The molecule has 1 spiro atoms. The van der Waals surface area contributed by atoms with Crippen LogP contribution in [0.25, 0.3) is 0 Å². The summed E-state index contributed by atoms with van der Waals surface area (Å²) in [4.78, 5) is 9.00. The van der Waals surface area contributed by atoms with Crippen LogP contribution in [0.1, 0.15) is 49.9 Å². The van der Waals surface area contributed by atoms with Crippen molar-refractivity contribution in [2.75, 3.05) is 0 Å². The van der Waals surface area contributed by atoms with Gasteiger partial charge >= 0.3 is 0 Å². The van der Waals surface area contributed by atoms with Gasteiger partial charge in [-0.15, -0.1) is 0 Å². The Bertz CT molecular complexity index is 424. The van der Waals surface area contributed by atoms with Gasteiger partial charge in [0.2, 0.25) is 0 Å². The van der Waals surface area contributed by atoms with Crippen LogP contribution in [0.5, 0.6) is 0 Å². The van der Waals surface area contributed by atoms with Gasteiger partial charge in [0.05, 0.1) is 17.0 Å². The average molecular weight is 202 g/mol. The molecule has 2 aliphatic carbocycles. The zero-order chi connectivity index (χ0) is 10.3. The molecule has 2 unspecified atom stereocenters. The fourth-order valence-corrected chi connectivity index (χ4v) is 3.96. The summed E-state index contributed by atoms with van der Waals surface area (Å²) < 4.78 is 6.04. The van der Waals surface area contributed by atoms with Gasteiger partial charge in [0.25, 0.3) is 0 Å². The van der Waals surface area contributed by atoms with Crippen molar-refractivity contribution in [1.29, 1.82) is 0 Å². The lowest BCUT2D eigenvalue weighted by atomic mass is 9.85. The van der Waals surface area contributed by atoms with Crippen LogP contribution in [0.3, 0.4) is 0 Å². The number of fused-ring (bicyclic) bond motifs is 3. The molecule has 3 aliphatic rings. The molecular formula is C12H14N2O. The van der Waals surface area contributed by atoms with E-state index in [-0.39, 0.29) is 11.2 Å². The van der Waals surface area contributed by atoms with Crippen molar-refractivity contribution >= 4 is 0 Å². The topological polar surface area (TPSA) is 38.3 Å². The predicted molar refractivity (Wildman–Crippen MR) is 54.6 cm³/mol. The summed E-state index contributed by atoms with van der Waals surface area (Å²) in [5.41, 5.74) is 2.50. The summed E-state index contributed by atoms with van der Waals surface area (Å²) in [5, 5.41) is 0. The molecule has 0 aromatic carbocycles. The van der Waals surface area contributed by atoms with Gasteiger partial charge in [-0.05, 0) is 26.7 Å². The van der Waals surface area contributed by atoms with Gasteiger partial charge in [0.15, 0.2) is 0 Å². The zero-order valence-electron chi connectivity index (χ0n) is 9.03. The number of rotatable bonds is 0. The van der Waals surface area contributed by atoms with Gasteiger partial charge < -0.3 is 4.74 Å². The molecule has 3 nitrogen and oxygen atoms in total. The van der Waals surface area contributed by atoms with E-state index in [0.717, 1.165) is 0 Å². The monoisotopic (exact) mass is 202 g/mol. The molecule has 1 saturated carbocycles. The van der Waals surface area contributed by atoms with Gasteiger partial charge in [0, 0.05) is 24.2 Å². The summed E-state index contributed by atoms with van der Waals surface area (Å²) in [5.74, 6) is 1.00. The Hall–Kier alpha value is -0.960.